The van der Waals surface area contributed by atoms with E-state index in [4.69, 9.17) is 4.74 Å². The number of hydrogen-bond donors (Lipinski definition) is 0. The van der Waals surface area contributed by atoms with Crippen molar-refractivity contribution in [3.8, 4) is 0 Å². The Labute approximate surface area is 167 Å². The molecule has 27 heavy (non-hydrogen) atoms. The standard InChI is InChI=1S/C23H34O3S/c1-5-6-8-11-18(14-15-27(25)20-12-9-7-10-13-20)21-16-19(24)17-22(21)26-23(2,3)4/h7,9-10,12-15,18,21-22H,5-6,8,11,16-17H2,1-4H3/b15-14+/t18-,21+,22-,27?/m1/s1. The Bertz CT molecular complexity index is 645. The van der Waals surface area contributed by atoms with Gasteiger partial charge in [0.2, 0.25) is 0 Å². The number of Topliss-reactive ketones (excluding diaryl/α,β-unsaturated/α-hetero) is 1. The van der Waals surface area contributed by atoms with Crippen molar-refractivity contribution in [3.05, 3.63) is 41.8 Å². The highest BCUT2D eigenvalue weighted by atomic mass is 32.2. The zero-order valence-electron chi connectivity index (χ0n) is 17.1. The topological polar surface area (TPSA) is 43.4 Å². The smallest absolute Gasteiger partial charge is 0.135 e. The minimum Gasteiger partial charge on any atom is -0.372 e. The SMILES string of the molecule is CCCCC[C@H](/C=C/S(=O)c1ccccc1)[C@@H]1CC(=O)C[C@H]1OC(C)(C)C. The molecule has 150 valence electrons. The molecule has 0 spiro atoms. The van der Waals surface area contributed by atoms with Gasteiger partial charge in [0.05, 0.1) is 22.5 Å². The summed E-state index contributed by atoms with van der Waals surface area (Å²) >= 11 is 0. The molecule has 1 aromatic carbocycles. The third kappa shape index (κ3) is 7.34. The minimum absolute atomic E-state index is 0.0427. The number of rotatable bonds is 9. The fraction of sp³-hybridized carbons (Fsp3) is 0.609. The molecule has 4 atom stereocenters. The number of unbranched alkanes of at least 4 members (excludes halogenated alkanes) is 2. The van der Waals surface area contributed by atoms with Crippen LogP contribution in [0, 0.1) is 11.8 Å². The first-order chi connectivity index (χ1) is 12.8. The van der Waals surface area contributed by atoms with Gasteiger partial charge in [-0.05, 0) is 51.2 Å². The maximum atomic E-state index is 12.6. The molecule has 0 aliphatic heterocycles. The third-order valence-electron chi connectivity index (χ3n) is 4.99. The van der Waals surface area contributed by atoms with Crippen LogP contribution in [0.15, 0.2) is 46.7 Å². The molecule has 1 saturated carbocycles. The molecule has 0 aromatic heterocycles. The maximum absolute atomic E-state index is 12.6. The van der Waals surface area contributed by atoms with E-state index >= 15 is 0 Å². The normalized spacial score (nSPS) is 23.0. The van der Waals surface area contributed by atoms with Crippen LogP contribution in [0.1, 0.15) is 66.2 Å². The summed E-state index contributed by atoms with van der Waals surface area (Å²) in [7, 11) is -1.16. The predicted octanol–water partition coefficient (Wildman–Crippen LogP) is 5.67. The monoisotopic (exact) mass is 390 g/mol. The third-order valence-corrected chi connectivity index (χ3v) is 6.13. The summed E-state index contributed by atoms with van der Waals surface area (Å²) in [5, 5.41) is 1.81. The van der Waals surface area contributed by atoms with Crippen molar-refractivity contribution in [1.82, 2.24) is 0 Å². The Morgan fingerprint density at radius 1 is 1.19 bits per heavy atom. The van der Waals surface area contributed by atoms with Gasteiger partial charge in [0, 0.05) is 23.1 Å². The average Bonchev–Trinajstić information content (AvgIpc) is 2.96. The Kier molecular flexibility index (Phi) is 8.43. The molecule has 1 unspecified atom stereocenters. The minimum atomic E-state index is -1.16. The van der Waals surface area contributed by atoms with Crippen molar-refractivity contribution in [2.24, 2.45) is 11.8 Å². The molecule has 1 aromatic rings. The molecule has 2 rings (SSSR count). The van der Waals surface area contributed by atoms with Crippen LogP contribution >= 0.6 is 0 Å². The van der Waals surface area contributed by atoms with E-state index in [1.165, 1.54) is 6.42 Å². The van der Waals surface area contributed by atoms with Gasteiger partial charge in [-0.25, -0.2) is 4.21 Å². The van der Waals surface area contributed by atoms with E-state index in [9.17, 15) is 9.00 Å². The van der Waals surface area contributed by atoms with E-state index in [0.29, 0.717) is 12.8 Å². The number of carbonyl (C=O) groups excluding carboxylic acids is 1. The highest BCUT2D eigenvalue weighted by Gasteiger charge is 2.39. The fourth-order valence-electron chi connectivity index (χ4n) is 3.75. The van der Waals surface area contributed by atoms with Gasteiger partial charge < -0.3 is 4.74 Å². The second kappa shape index (κ2) is 10.3. The van der Waals surface area contributed by atoms with Crippen molar-refractivity contribution in [1.29, 1.82) is 0 Å². The molecule has 0 radical (unpaired) electrons. The van der Waals surface area contributed by atoms with Crippen LogP contribution in [-0.4, -0.2) is 21.7 Å². The van der Waals surface area contributed by atoms with Crippen LogP contribution in [0.2, 0.25) is 0 Å². The summed E-state index contributed by atoms with van der Waals surface area (Å²) in [6.45, 7) is 8.32. The van der Waals surface area contributed by atoms with E-state index in [-0.39, 0.29) is 29.3 Å². The zero-order chi connectivity index (χ0) is 19.9. The molecule has 4 heteroatoms. The van der Waals surface area contributed by atoms with Gasteiger partial charge in [-0.1, -0.05) is 50.5 Å². The lowest BCUT2D eigenvalue weighted by atomic mass is 9.85. The van der Waals surface area contributed by atoms with Gasteiger partial charge in [0.1, 0.15) is 5.78 Å². The molecule has 3 nitrogen and oxygen atoms in total. The van der Waals surface area contributed by atoms with Gasteiger partial charge in [-0.2, -0.15) is 0 Å². The maximum Gasteiger partial charge on any atom is 0.135 e. The second-order valence-electron chi connectivity index (χ2n) is 8.48. The number of benzene rings is 1. The summed E-state index contributed by atoms with van der Waals surface area (Å²) < 4.78 is 18.8. The molecule has 1 aliphatic rings. The van der Waals surface area contributed by atoms with Crippen LogP contribution in [0.5, 0.6) is 0 Å². The highest BCUT2D eigenvalue weighted by molar-refractivity contribution is 7.88. The fourth-order valence-corrected chi connectivity index (χ4v) is 4.68. The van der Waals surface area contributed by atoms with Crippen molar-refractivity contribution in [2.75, 3.05) is 0 Å². The molecular formula is C23H34O3S. The molecule has 1 aliphatic carbocycles. The Morgan fingerprint density at radius 3 is 2.52 bits per heavy atom. The van der Waals surface area contributed by atoms with Gasteiger partial charge in [0.15, 0.2) is 0 Å². The van der Waals surface area contributed by atoms with Gasteiger partial charge in [-0.15, -0.1) is 0 Å². The first-order valence-corrected chi connectivity index (χ1v) is 11.3. The van der Waals surface area contributed by atoms with Crippen molar-refractivity contribution in [3.63, 3.8) is 0 Å². The summed E-state index contributed by atoms with van der Waals surface area (Å²) in [5.74, 6) is 0.688. The first kappa shape index (κ1) is 22.0. The number of carbonyl (C=O) groups is 1. The Balaban J connectivity index is 2.15. The molecule has 0 heterocycles. The van der Waals surface area contributed by atoms with Crippen LogP contribution in [-0.2, 0) is 20.3 Å². The molecular weight excluding hydrogens is 356 g/mol. The summed E-state index contributed by atoms with van der Waals surface area (Å²) in [6.07, 6.45) is 7.59. The first-order valence-electron chi connectivity index (χ1n) is 10.1. The van der Waals surface area contributed by atoms with Crippen molar-refractivity contribution >= 4 is 16.6 Å². The van der Waals surface area contributed by atoms with Crippen LogP contribution in [0.3, 0.4) is 0 Å². The Hall–Kier alpha value is -1.26. The number of ketones is 1. The lowest BCUT2D eigenvalue weighted by Crippen LogP contribution is -2.32. The number of allylic oxidation sites excluding steroid dienone is 1. The lowest BCUT2D eigenvalue weighted by molar-refractivity contribution is -0.119. The largest absolute Gasteiger partial charge is 0.372 e. The zero-order valence-corrected chi connectivity index (χ0v) is 18.0. The highest BCUT2D eigenvalue weighted by Crippen LogP contribution is 2.37. The molecule has 0 amide bonds. The summed E-state index contributed by atoms with van der Waals surface area (Å²) in [6, 6.07) is 9.51. The van der Waals surface area contributed by atoms with Crippen LogP contribution < -0.4 is 0 Å². The van der Waals surface area contributed by atoms with Crippen molar-refractivity contribution < 1.29 is 13.7 Å². The molecule has 1 fully saturated rings. The van der Waals surface area contributed by atoms with Gasteiger partial charge in [0.25, 0.3) is 0 Å². The second-order valence-corrected chi connectivity index (χ2v) is 9.82. The molecule has 0 N–H and O–H groups in total. The van der Waals surface area contributed by atoms with E-state index in [0.717, 1.165) is 24.2 Å². The van der Waals surface area contributed by atoms with E-state index < -0.39 is 10.8 Å². The van der Waals surface area contributed by atoms with Crippen LogP contribution in [0.4, 0.5) is 0 Å². The Morgan fingerprint density at radius 2 is 1.89 bits per heavy atom. The summed E-state index contributed by atoms with van der Waals surface area (Å²) in [5.41, 5.74) is -0.266. The quantitative estimate of drug-likeness (QED) is 0.510. The van der Waals surface area contributed by atoms with Gasteiger partial charge >= 0.3 is 0 Å². The van der Waals surface area contributed by atoms with E-state index in [1.54, 1.807) is 0 Å². The summed E-state index contributed by atoms with van der Waals surface area (Å²) in [4.78, 5) is 13.0. The van der Waals surface area contributed by atoms with Crippen molar-refractivity contribution in [2.45, 2.75) is 82.8 Å². The lowest BCUT2D eigenvalue weighted by Gasteiger charge is -2.31. The van der Waals surface area contributed by atoms with E-state index in [1.807, 2.05) is 56.5 Å². The molecule has 0 bridgehead atoms. The predicted molar refractivity (Wildman–Crippen MR) is 112 cm³/mol. The van der Waals surface area contributed by atoms with Gasteiger partial charge in [-0.3, -0.25) is 4.79 Å². The molecule has 0 saturated heterocycles. The van der Waals surface area contributed by atoms with E-state index in [2.05, 4.69) is 13.0 Å². The average molecular weight is 391 g/mol. The number of hydrogen-bond acceptors (Lipinski definition) is 3. The number of ether oxygens (including phenoxy) is 1. The van der Waals surface area contributed by atoms with Crippen LogP contribution in [0.25, 0.3) is 0 Å².